The summed E-state index contributed by atoms with van der Waals surface area (Å²) in [5, 5.41) is 4.21. The van der Waals surface area contributed by atoms with Gasteiger partial charge in [0.1, 0.15) is 0 Å². The number of thiophene rings is 1. The summed E-state index contributed by atoms with van der Waals surface area (Å²) in [6.45, 7) is -0.480. The zero-order valence-corrected chi connectivity index (χ0v) is 14.8. The normalized spacial score (nSPS) is 12.2. The Morgan fingerprint density at radius 1 is 1.31 bits per heavy atom. The Labute approximate surface area is 157 Å². The van der Waals surface area contributed by atoms with Gasteiger partial charge in [-0.1, -0.05) is 17.7 Å². The Bertz CT molecular complexity index is 878. The third-order valence-electron chi connectivity index (χ3n) is 3.20. The summed E-state index contributed by atoms with van der Waals surface area (Å²) in [4.78, 5) is 35.4. The molecule has 3 rings (SSSR count). The smallest absolute Gasteiger partial charge is 0.331 e. The van der Waals surface area contributed by atoms with Crippen molar-refractivity contribution in [3.8, 4) is 11.5 Å². The molecule has 1 aliphatic rings. The van der Waals surface area contributed by atoms with Crippen molar-refractivity contribution in [2.75, 3.05) is 13.4 Å². The maximum Gasteiger partial charge on any atom is 0.331 e. The van der Waals surface area contributed by atoms with Crippen molar-refractivity contribution in [1.82, 2.24) is 5.32 Å². The fraction of sp³-hybridized carbons (Fsp3) is 0.118. The largest absolute Gasteiger partial charge is 0.454 e. The van der Waals surface area contributed by atoms with E-state index in [1.54, 1.807) is 29.6 Å². The Kier molecular flexibility index (Phi) is 5.55. The zero-order chi connectivity index (χ0) is 18.5. The van der Waals surface area contributed by atoms with Gasteiger partial charge in [-0.15, -0.1) is 11.3 Å². The van der Waals surface area contributed by atoms with E-state index in [2.05, 4.69) is 5.32 Å². The molecule has 0 bridgehead atoms. The predicted molar refractivity (Wildman–Crippen MR) is 94.4 cm³/mol. The monoisotopic (exact) mass is 393 g/mol. The second-order valence-corrected chi connectivity index (χ2v) is 6.39. The van der Waals surface area contributed by atoms with Gasteiger partial charge in [0.25, 0.3) is 11.8 Å². The number of carbonyl (C=O) groups is 3. The molecule has 26 heavy (non-hydrogen) atoms. The third-order valence-corrected chi connectivity index (χ3v) is 4.35. The molecule has 0 radical (unpaired) electrons. The second-order valence-electron chi connectivity index (χ2n) is 5.03. The number of halogens is 1. The summed E-state index contributed by atoms with van der Waals surface area (Å²) < 4.78 is 15.2. The SMILES string of the molecule is O=C(COC(=O)/C=C/c1cc(Cl)c2c(c1)OCO2)NC(=O)c1cccs1. The molecular weight excluding hydrogens is 382 g/mol. The molecule has 0 atom stereocenters. The molecule has 0 aliphatic carbocycles. The molecule has 134 valence electrons. The van der Waals surface area contributed by atoms with Crippen LogP contribution >= 0.6 is 22.9 Å². The number of hydrogen-bond acceptors (Lipinski definition) is 7. The van der Waals surface area contributed by atoms with E-state index in [9.17, 15) is 14.4 Å². The fourth-order valence-corrected chi connectivity index (χ4v) is 2.96. The van der Waals surface area contributed by atoms with E-state index in [0.717, 1.165) is 6.08 Å². The highest BCUT2D eigenvalue weighted by Gasteiger charge is 2.17. The molecular formula is C17H12ClNO6S. The number of carbonyl (C=O) groups excluding carboxylic acids is 3. The van der Waals surface area contributed by atoms with Crippen LogP contribution in [0.4, 0.5) is 0 Å². The van der Waals surface area contributed by atoms with Crippen LogP contribution in [0.3, 0.4) is 0 Å². The number of amides is 2. The van der Waals surface area contributed by atoms with Gasteiger partial charge in [0, 0.05) is 6.08 Å². The lowest BCUT2D eigenvalue weighted by Crippen LogP contribution is -2.33. The molecule has 1 N–H and O–H groups in total. The van der Waals surface area contributed by atoms with Crippen LogP contribution in [0.15, 0.2) is 35.7 Å². The van der Waals surface area contributed by atoms with Gasteiger partial charge in [-0.3, -0.25) is 14.9 Å². The highest BCUT2D eigenvalue weighted by molar-refractivity contribution is 7.12. The van der Waals surface area contributed by atoms with Gasteiger partial charge >= 0.3 is 5.97 Å². The summed E-state index contributed by atoms with van der Waals surface area (Å²) in [6, 6.07) is 6.53. The van der Waals surface area contributed by atoms with Crippen LogP contribution < -0.4 is 14.8 Å². The van der Waals surface area contributed by atoms with Crippen LogP contribution in [-0.4, -0.2) is 31.2 Å². The van der Waals surface area contributed by atoms with Gasteiger partial charge in [-0.25, -0.2) is 4.79 Å². The van der Waals surface area contributed by atoms with Gasteiger partial charge in [-0.2, -0.15) is 0 Å². The summed E-state index contributed by atoms with van der Waals surface area (Å²) in [6.07, 6.45) is 2.60. The van der Waals surface area contributed by atoms with Crippen molar-refractivity contribution in [2.24, 2.45) is 0 Å². The number of rotatable bonds is 5. The van der Waals surface area contributed by atoms with Crippen molar-refractivity contribution < 1.29 is 28.6 Å². The van der Waals surface area contributed by atoms with Gasteiger partial charge in [0.15, 0.2) is 18.1 Å². The van der Waals surface area contributed by atoms with Gasteiger partial charge in [0.2, 0.25) is 6.79 Å². The van der Waals surface area contributed by atoms with Crippen LogP contribution in [-0.2, 0) is 14.3 Å². The quantitative estimate of drug-likeness (QED) is 0.620. The van der Waals surface area contributed by atoms with Gasteiger partial charge in [0.05, 0.1) is 9.90 Å². The number of esters is 1. The first kappa shape index (κ1) is 18.0. The summed E-state index contributed by atoms with van der Waals surface area (Å²) in [5.74, 6) is -1.05. The van der Waals surface area contributed by atoms with Crippen molar-refractivity contribution in [3.63, 3.8) is 0 Å². The van der Waals surface area contributed by atoms with Crippen molar-refractivity contribution in [1.29, 1.82) is 0 Å². The fourth-order valence-electron chi connectivity index (χ4n) is 2.06. The number of hydrogen-bond donors (Lipinski definition) is 1. The lowest BCUT2D eigenvalue weighted by molar-refractivity contribution is -0.143. The molecule has 0 unspecified atom stereocenters. The minimum Gasteiger partial charge on any atom is -0.454 e. The number of imide groups is 1. The molecule has 2 heterocycles. The highest BCUT2D eigenvalue weighted by atomic mass is 35.5. The molecule has 1 aliphatic heterocycles. The zero-order valence-electron chi connectivity index (χ0n) is 13.2. The van der Waals surface area contributed by atoms with E-state index in [-0.39, 0.29) is 6.79 Å². The first-order valence-corrected chi connectivity index (χ1v) is 8.60. The number of benzene rings is 1. The van der Waals surface area contributed by atoms with Crippen LogP contribution in [0.1, 0.15) is 15.2 Å². The summed E-state index contributed by atoms with van der Waals surface area (Å²) in [7, 11) is 0. The lowest BCUT2D eigenvalue weighted by atomic mass is 10.2. The van der Waals surface area contributed by atoms with Crippen molar-refractivity contribution in [3.05, 3.63) is 51.2 Å². The lowest BCUT2D eigenvalue weighted by Gasteiger charge is -2.03. The predicted octanol–water partition coefficient (Wildman–Crippen LogP) is 2.64. The minimum absolute atomic E-state index is 0.0869. The molecule has 2 amide bonds. The van der Waals surface area contributed by atoms with E-state index in [4.69, 9.17) is 25.8 Å². The maximum atomic E-state index is 11.7. The van der Waals surface area contributed by atoms with E-state index >= 15 is 0 Å². The van der Waals surface area contributed by atoms with Crippen molar-refractivity contribution >= 4 is 46.8 Å². The number of fused-ring (bicyclic) bond motifs is 1. The molecule has 9 heteroatoms. The Morgan fingerprint density at radius 2 is 2.15 bits per heavy atom. The molecule has 0 saturated heterocycles. The molecule has 0 spiro atoms. The van der Waals surface area contributed by atoms with E-state index in [1.165, 1.54) is 17.4 Å². The Morgan fingerprint density at radius 3 is 2.92 bits per heavy atom. The molecule has 1 aromatic carbocycles. The van der Waals surface area contributed by atoms with Crippen LogP contribution in [0.5, 0.6) is 11.5 Å². The summed E-state index contributed by atoms with van der Waals surface area (Å²) >= 11 is 7.24. The molecule has 0 saturated carbocycles. The van der Waals surface area contributed by atoms with Crippen molar-refractivity contribution in [2.45, 2.75) is 0 Å². The first-order valence-electron chi connectivity index (χ1n) is 7.34. The van der Waals surface area contributed by atoms with Gasteiger partial charge in [-0.05, 0) is 35.2 Å². The average molecular weight is 394 g/mol. The van der Waals surface area contributed by atoms with E-state index in [1.807, 2.05) is 0 Å². The average Bonchev–Trinajstić information content (AvgIpc) is 3.29. The third kappa shape index (κ3) is 4.41. The first-order chi connectivity index (χ1) is 12.5. The molecule has 0 fully saturated rings. The molecule has 2 aromatic rings. The molecule has 7 nitrogen and oxygen atoms in total. The van der Waals surface area contributed by atoms with Crippen LogP contribution in [0.2, 0.25) is 5.02 Å². The van der Waals surface area contributed by atoms with Crippen LogP contribution in [0, 0.1) is 0 Å². The maximum absolute atomic E-state index is 11.7. The number of nitrogens with one attached hydrogen (secondary N) is 1. The standard InChI is InChI=1S/C17H12ClNO6S/c18-11-6-10(7-12-16(11)25-9-24-12)3-4-15(21)23-8-14(20)19-17(22)13-2-1-5-26-13/h1-7H,8-9H2,(H,19,20,22)/b4-3+. The topological polar surface area (TPSA) is 90.9 Å². The van der Waals surface area contributed by atoms with Crippen LogP contribution in [0.25, 0.3) is 6.08 Å². The summed E-state index contributed by atoms with van der Waals surface area (Å²) in [5.41, 5.74) is 0.605. The Hall–Kier alpha value is -2.84. The number of ether oxygens (including phenoxy) is 3. The molecule has 1 aromatic heterocycles. The highest BCUT2D eigenvalue weighted by Crippen LogP contribution is 2.40. The van der Waals surface area contributed by atoms with Gasteiger partial charge < -0.3 is 14.2 Å². The second kappa shape index (κ2) is 8.03. The van der Waals surface area contributed by atoms with E-state index in [0.29, 0.717) is 27.0 Å². The Balaban J connectivity index is 1.49. The van der Waals surface area contributed by atoms with E-state index < -0.39 is 24.4 Å². The minimum atomic E-state index is -0.738.